The molecule has 1 aromatic rings. The van der Waals surface area contributed by atoms with E-state index in [-0.39, 0.29) is 27.7 Å². The van der Waals surface area contributed by atoms with Gasteiger partial charge in [-0.25, -0.2) is 0 Å². The van der Waals surface area contributed by atoms with Crippen molar-refractivity contribution in [3.63, 3.8) is 0 Å². The summed E-state index contributed by atoms with van der Waals surface area (Å²) in [5.41, 5.74) is 1.42. The standard InChI is InChI=1S/C17H10ClNO4/c1-9-8-10(20)6-7-13(9)19-23-17-14(18)15(21)11-4-2-3-5-12(11)16(17)22/h2-8H,1H3/b19-13+. The lowest BCUT2D eigenvalue weighted by Gasteiger charge is -2.15. The predicted molar refractivity (Wildman–Crippen MR) is 84.4 cm³/mol. The normalized spacial score (nSPS) is 19.1. The first-order valence-electron chi connectivity index (χ1n) is 6.73. The molecule has 23 heavy (non-hydrogen) atoms. The lowest BCUT2D eigenvalue weighted by molar-refractivity contribution is -0.110. The summed E-state index contributed by atoms with van der Waals surface area (Å²) in [6.07, 6.45) is 4.19. The second-order valence-corrected chi connectivity index (χ2v) is 5.36. The van der Waals surface area contributed by atoms with Crippen LogP contribution in [0.5, 0.6) is 0 Å². The molecule has 6 heteroatoms. The molecule has 0 fully saturated rings. The van der Waals surface area contributed by atoms with Gasteiger partial charge in [-0.15, -0.1) is 0 Å². The topological polar surface area (TPSA) is 72.8 Å². The monoisotopic (exact) mass is 327 g/mol. The van der Waals surface area contributed by atoms with Gasteiger partial charge in [0.2, 0.25) is 17.3 Å². The number of halogens is 1. The first-order valence-corrected chi connectivity index (χ1v) is 7.11. The number of allylic oxidation sites excluding steroid dienone is 6. The third kappa shape index (κ3) is 2.66. The molecule has 0 saturated heterocycles. The van der Waals surface area contributed by atoms with E-state index in [0.29, 0.717) is 11.3 Å². The maximum atomic E-state index is 12.4. The Morgan fingerprint density at radius 1 is 1.00 bits per heavy atom. The average molecular weight is 328 g/mol. The molecule has 2 aliphatic carbocycles. The van der Waals surface area contributed by atoms with Gasteiger partial charge in [-0.3, -0.25) is 14.4 Å². The van der Waals surface area contributed by atoms with E-state index in [2.05, 4.69) is 5.16 Å². The van der Waals surface area contributed by atoms with E-state index < -0.39 is 11.6 Å². The number of carbonyl (C=O) groups is 3. The van der Waals surface area contributed by atoms with Gasteiger partial charge < -0.3 is 4.84 Å². The molecule has 2 aliphatic rings. The molecule has 0 atom stereocenters. The van der Waals surface area contributed by atoms with Crippen molar-refractivity contribution in [2.24, 2.45) is 5.16 Å². The van der Waals surface area contributed by atoms with Crippen molar-refractivity contribution in [1.29, 1.82) is 0 Å². The quantitative estimate of drug-likeness (QED) is 0.618. The third-order valence-corrected chi connectivity index (χ3v) is 3.77. The highest BCUT2D eigenvalue weighted by Crippen LogP contribution is 2.29. The number of hydrogen-bond donors (Lipinski definition) is 0. The largest absolute Gasteiger partial charge is 0.350 e. The zero-order chi connectivity index (χ0) is 16.6. The Labute approximate surface area is 136 Å². The first kappa shape index (κ1) is 15.1. The highest BCUT2D eigenvalue weighted by molar-refractivity contribution is 6.49. The Kier molecular flexibility index (Phi) is 3.80. The number of rotatable bonds is 2. The van der Waals surface area contributed by atoms with E-state index in [1.54, 1.807) is 19.1 Å². The number of fused-ring (bicyclic) bond motifs is 1. The first-order chi connectivity index (χ1) is 11.0. The molecule has 0 aliphatic heterocycles. The smallest absolute Gasteiger partial charge is 0.233 e. The van der Waals surface area contributed by atoms with Gasteiger partial charge >= 0.3 is 0 Å². The lowest BCUT2D eigenvalue weighted by Crippen LogP contribution is -2.21. The van der Waals surface area contributed by atoms with E-state index in [1.807, 2.05) is 0 Å². The van der Waals surface area contributed by atoms with E-state index in [4.69, 9.17) is 16.4 Å². The second kappa shape index (κ2) is 5.78. The highest BCUT2D eigenvalue weighted by Gasteiger charge is 2.33. The van der Waals surface area contributed by atoms with Crippen LogP contribution in [0.4, 0.5) is 0 Å². The zero-order valence-electron chi connectivity index (χ0n) is 12.0. The molecule has 114 valence electrons. The molecule has 3 rings (SSSR count). The van der Waals surface area contributed by atoms with E-state index in [1.165, 1.54) is 30.4 Å². The Bertz CT molecular complexity index is 874. The number of oxime groups is 1. The molecule has 0 spiro atoms. The summed E-state index contributed by atoms with van der Waals surface area (Å²) >= 11 is 5.96. The molecule has 0 radical (unpaired) electrons. The van der Waals surface area contributed by atoms with Crippen LogP contribution in [0.2, 0.25) is 0 Å². The number of carbonyl (C=O) groups excluding carboxylic acids is 3. The van der Waals surface area contributed by atoms with E-state index in [9.17, 15) is 14.4 Å². The van der Waals surface area contributed by atoms with E-state index in [0.717, 1.165) is 0 Å². The summed E-state index contributed by atoms with van der Waals surface area (Å²) in [5.74, 6) is -1.47. The molecule has 0 unspecified atom stereocenters. The molecular formula is C17H10ClNO4. The number of nitrogens with zero attached hydrogens (tertiary/aromatic N) is 1. The summed E-state index contributed by atoms with van der Waals surface area (Å²) in [6, 6.07) is 6.36. The van der Waals surface area contributed by atoms with Crippen molar-refractivity contribution in [3.8, 4) is 0 Å². The maximum absolute atomic E-state index is 12.4. The van der Waals surface area contributed by atoms with Gasteiger partial charge in [-0.1, -0.05) is 41.0 Å². The SMILES string of the molecule is CC1=CC(=O)C=C/C1=N\OC1=C(Cl)C(=O)c2ccccc2C1=O. The Morgan fingerprint density at radius 2 is 1.65 bits per heavy atom. The van der Waals surface area contributed by atoms with Crippen molar-refractivity contribution in [2.75, 3.05) is 0 Å². The minimum Gasteiger partial charge on any atom is -0.350 e. The fourth-order valence-electron chi connectivity index (χ4n) is 2.23. The molecule has 0 aromatic heterocycles. The Morgan fingerprint density at radius 3 is 2.30 bits per heavy atom. The van der Waals surface area contributed by atoms with Crippen LogP contribution in [-0.4, -0.2) is 23.1 Å². The van der Waals surface area contributed by atoms with Crippen molar-refractivity contribution >= 4 is 34.7 Å². The van der Waals surface area contributed by atoms with Gasteiger partial charge in [0.1, 0.15) is 10.7 Å². The fourth-order valence-corrected chi connectivity index (χ4v) is 2.45. The number of benzene rings is 1. The third-order valence-electron chi connectivity index (χ3n) is 3.42. The Hall–Kier alpha value is -2.79. The molecule has 0 amide bonds. The van der Waals surface area contributed by atoms with Crippen LogP contribution in [0.15, 0.2) is 64.0 Å². The zero-order valence-corrected chi connectivity index (χ0v) is 12.8. The van der Waals surface area contributed by atoms with Crippen molar-refractivity contribution in [3.05, 3.63) is 70.0 Å². The number of ketones is 3. The molecule has 0 bridgehead atoms. The van der Waals surface area contributed by atoms with Gasteiger partial charge in [-0.2, -0.15) is 0 Å². The Balaban J connectivity index is 1.95. The fraction of sp³-hybridized carbons (Fsp3) is 0.0588. The van der Waals surface area contributed by atoms with Gasteiger partial charge in [0.05, 0.1) is 0 Å². The summed E-state index contributed by atoms with van der Waals surface area (Å²) < 4.78 is 0. The maximum Gasteiger partial charge on any atom is 0.233 e. The summed E-state index contributed by atoms with van der Waals surface area (Å²) in [4.78, 5) is 41.0. The van der Waals surface area contributed by atoms with Crippen molar-refractivity contribution in [2.45, 2.75) is 6.92 Å². The summed E-state index contributed by atoms with van der Waals surface area (Å²) in [7, 11) is 0. The van der Waals surface area contributed by atoms with Gasteiger partial charge in [-0.05, 0) is 30.7 Å². The van der Waals surface area contributed by atoms with Crippen LogP contribution in [0, 0.1) is 0 Å². The summed E-state index contributed by atoms with van der Waals surface area (Å²) in [5, 5.41) is 3.51. The van der Waals surface area contributed by atoms with Crippen molar-refractivity contribution in [1.82, 2.24) is 0 Å². The van der Waals surface area contributed by atoms with Gasteiger partial charge in [0.15, 0.2) is 5.78 Å². The molecule has 0 heterocycles. The minimum atomic E-state index is -0.507. The van der Waals surface area contributed by atoms with Crippen molar-refractivity contribution < 1.29 is 19.2 Å². The molecule has 0 N–H and O–H groups in total. The molecule has 5 nitrogen and oxygen atoms in total. The minimum absolute atomic E-state index is 0.156. The van der Waals surface area contributed by atoms with Crippen LogP contribution < -0.4 is 0 Å². The van der Waals surface area contributed by atoms with Crippen LogP contribution in [0.25, 0.3) is 0 Å². The van der Waals surface area contributed by atoms with Crippen LogP contribution in [0.1, 0.15) is 27.6 Å². The molecular weight excluding hydrogens is 318 g/mol. The number of hydrogen-bond acceptors (Lipinski definition) is 5. The average Bonchev–Trinajstić information content (AvgIpc) is 2.54. The predicted octanol–water partition coefficient (Wildman–Crippen LogP) is 2.97. The lowest BCUT2D eigenvalue weighted by atomic mass is 9.93. The summed E-state index contributed by atoms with van der Waals surface area (Å²) in [6.45, 7) is 1.68. The van der Waals surface area contributed by atoms with Gasteiger partial charge in [0.25, 0.3) is 0 Å². The molecule has 0 saturated carbocycles. The highest BCUT2D eigenvalue weighted by atomic mass is 35.5. The number of Topliss-reactive ketones (excluding diaryl/α,β-unsaturated/α-hetero) is 2. The van der Waals surface area contributed by atoms with Crippen LogP contribution in [-0.2, 0) is 9.63 Å². The van der Waals surface area contributed by atoms with Crippen LogP contribution in [0.3, 0.4) is 0 Å². The second-order valence-electron chi connectivity index (χ2n) is 4.98. The van der Waals surface area contributed by atoms with Crippen LogP contribution >= 0.6 is 11.6 Å². The molecule has 1 aromatic carbocycles. The van der Waals surface area contributed by atoms with Gasteiger partial charge in [0, 0.05) is 11.1 Å². The van der Waals surface area contributed by atoms with E-state index >= 15 is 0 Å².